The fraction of sp³-hybridized carbons (Fsp3) is 0.714. The summed E-state index contributed by atoms with van der Waals surface area (Å²) in [7, 11) is 0. The van der Waals surface area contributed by atoms with Crippen LogP contribution in [-0.4, -0.2) is 35.1 Å². The maximum absolute atomic E-state index is 4.48. The van der Waals surface area contributed by atoms with Gasteiger partial charge in [-0.2, -0.15) is 0 Å². The van der Waals surface area contributed by atoms with Crippen molar-refractivity contribution in [3.63, 3.8) is 0 Å². The van der Waals surface area contributed by atoms with E-state index in [1.54, 1.807) is 0 Å². The van der Waals surface area contributed by atoms with Crippen LogP contribution < -0.4 is 16.0 Å². The molecule has 1 aromatic heterocycles. The molecule has 106 valence electrons. The van der Waals surface area contributed by atoms with Crippen LogP contribution in [0.3, 0.4) is 0 Å². The van der Waals surface area contributed by atoms with Gasteiger partial charge in [0.1, 0.15) is 17.5 Å². The van der Waals surface area contributed by atoms with E-state index < -0.39 is 0 Å². The minimum absolute atomic E-state index is 0.432. The number of aryl methyl sites for hydroxylation is 1. The second kappa shape index (κ2) is 6.70. The smallest absolute Gasteiger partial charge is 0.132 e. The molecule has 0 saturated carbocycles. The van der Waals surface area contributed by atoms with Crippen molar-refractivity contribution in [3.8, 4) is 0 Å². The molecule has 19 heavy (non-hydrogen) atoms. The van der Waals surface area contributed by atoms with E-state index in [1.807, 2.05) is 13.0 Å². The van der Waals surface area contributed by atoms with Crippen LogP contribution in [0.1, 0.15) is 38.9 Å². The van der Waals surface area contributed by atoms with Gasteiger partial charge in [-0.3, -0.25) is 0 Å². The van der Waals surface area contributed by atoms with E-state index in [4.69, 9.17) is 0 Å². The second-order valence-electron chi connectivity index (χ2n) is 5.31. The van der Waals surface area contributed by atoms with Gasteiger partial charge in [0.05, 0.1) is 0 Å². The maximum atomic E-state index is 4.48. The van der Waals surface area contributed by atoms with E-state index in [9.17, 15) is 0 Å². The SMILES string of the molecule is CCC(C)Nc1cc(NC2CCNCC2)nc(C)n1. The first-order valence-electron chi connectivity index (χ1n) is 7.27. The normalized spacial score (nSPS) is 18.1. The highest BCUT2D eigenvalue weighted by Crippen LogP contribution is 2.16. The lowest BCUT2D eigenvalue weighted by Gasteiger charge is -2.24. The standard InChI is InChI=1S/C14H25N5/c1-4-10(2)16-13-9-14(18-11(3)17-13)19-12-5-7-15-8-6-12/h9-10,12,15H,4-8H2,1-3H3,(H2,16,17,18,19). The molecule has 0 bridgehead atoms. The summed E-state index contributed by atoms with van der Waals surface area (Å²) in [4.78, 5) is 8.92. The molecule has 1 saturated heterocycles. The van der Waals surface area contributed by atoms with Gasteiger partial charge in [0, 0.05) is 18.2 Å². The third-order valence-corrected chi connectivity index (χ3v) is 3.54. The minimum Gasteiger partial charge on any atom is -0.367 e. The molecular weight excluding hydrogens is 238 g/mol. The predicted octanol–water partition coefficient (Wildman–Crippen LogP) is 2.16. The number of nitrogens with one attached hydrogen (secondary N) is 3. The lowest BCUT2D eigenvalue weighted by atomic mass is 10.1. The molecule has 0 aromatic carbocycles. The van der Waals surface area contributed by atoms with Gasteiger partial charge in [-0.05, 0) is 46.2 Å². The second-order valence-corrected chi connectivity index (χ2v) is 5.31. The Morgan fingerprint density at radius 3 is 2.68 bits per heavy atom. The van der Waals surface area contributed by atoms with E-state index in [2.05, 4.69) is 39.8 Å². The van der Waals surface area contributed by atoms with Crippen molar-refractivity contribution in [1.29, 1.82) is 0 Å². The quantitative estimate of drug-likeness (QED) is 0.760. The summed E-state index contributed by atoms with van der Waals surface area (Å²) in [5.74, 6) is 2.66. The summed E-state index contributed by atoms with van der Waals surface area (Å²) >= 11 is 0. The van der Waals surface area contributed by atoms with Crippen molar-refractivity contribution in [2.24, 2.45) is 0 Å². The molecule has 5 heteroatoms. The van der Waals surface area contributed by atoms with Crippen molar-refractivity contribution in [3.05, 3.63) is 11.9 Å². The largest absolute Gasteiger partial charge is 0.367 e. The summed E-state index contributed by atoms with van der Waals surface area (Å²) < 4.78 is 0. The van der Waals surface area contributed by atoms with Crippen LogP contribution >= 0.6 is 0 Å². The number of rotatable bonds is 5. The summed E-state index contributed by atoms with van der Waals surface area (Å²) in [6.45, 7) is 8.44. The zero-order valence-corrected chi connectivity index (χ0v) is 12.2. The summed E-state index contributed by atoms with van der Waals surface area (Å²) in [6, 6.07) is 2.97. The molecule has 1 unspecified atom stereocenters. The Morgan fingerprint density at radius 2 is 2.00 bits per heavy atom. The molecule has 0 radical (unpaired) electrons. The van der Waals surface area contributed by atoms with Gasteiger partial charge in [0.25, 0.3) is 0 Å². The van der Waals surface area contributed by atoms with Gasteiger partial charge in [-0.15, -0.1) is 0 Å². The number of piperidine rings is 1. The summed E-state index contributed by atoms with van der Waals surface area (Å²) in [5.41, 5.74) is 0. The number of hydrogen-bond acceptors (Lipinski definition) is 5. The van der Waals surface area contributed by atoms with Gasteiger partial charge in [0.15, 0.2) is 0 Å². The van der Waals surface area contributed by atoms with Crippen LogP contribution in [0.25, 0.3) is 0 Å². The van der Waals surface area contributed by atoms with E-state index in [-0.39, 0.29) is 0 Å². The summed E-state index contributed by atoms with van der Waals surface area (Å²) in [6.07, 6.45) is 3.38. The lowest BCUT2D eigenvalue weighted by Crippen LogP contribution is -2.35. The number of hydrogen-bond donors (Lipinski definition) is 3. The van der Waals surface area contributed by atoms with Crippen LogP contribution in [-0.2, 0) is 0 Å². The maximum Gasteiger partial charge on any atom is 0.132 e. The number of anilines is 2. The Morgan fingerprint density at radius 1 is 1.32 bits per heavy atom. The highest BCUT2D eigenvalue weighted by molar-refractivity contribution is 5.48. The van der Waals surface area contributed by atoms with Gasteiger partial charge in [-0.1, -0.05) is 6.92 Å². The van der Waals surface area contributed by atoms with Crippen molar-refractivity contribution < 1.29 is 0 Å². The van der Waals surface area contributed by atoms with Crippen molar-refractivity contribution in [1.82, 2.24) is 15.3 Å². The Hall–Kier alpha value is -1.36. The molecule has 0 amide bonds. The highest BCUT2D eigenvalue weighted by atomic mass is 15.1. The summed E-state index contributed by atoms with van der Waals surface area (Å²) in [5, 5.41) is 10.3. The van der Waals surface area contributed by atoms with Crippen molar-refractivity contribution >= 4 is 11.6 Å². The van der Waals surface area contributed by atoms with Crippen LogP contribution in [0.15, 0.2) is 6.07 Å². The fourth-order valence-electron chi connectivity index (χ4n) is 2.25. The van der Waals surface area contributed by atoms with Gasteiger partial charge >= 0.3 is 0 Å². The number of aromatic nitrogens is 2. The third-order valence-electron chi connectivity index (χ3n) is 3.54. The van der Waals surface area contributed by atoms with E-state index in [0.29, 0.717) is 12.1 Å². The first kappa shape index (κ1) is 14.1. The Bertz CT molecular complexity index is 401. The highest BCUT2D eigenvalue weighted by Gasteiger charge is 2.14. The van der Waals surface area contributed by atoms with E-state index in [1.165, 1.54) is 0 Å². The fourth-order valence-corrected chi connectivity index (χ4v) is 2.25. The van der Waals surface area contributed by atoms with Crippen molar-refractivity contribution in [2.45, 2.75) is 52.1 Å². The molecule has 1 atom stereocenters. The molecule has 1 aliphatic heterocycles. The van der Waals surface area contributed by atoms with Crippen LogP contribution in [0.2, 0.25) is 0 Å². The van der Waals surface area contributed by atoms with Gasteiger partial charge in [0.2, 0.25) is 0 Å². The Balaban J connectivity index is 2.03. The zero-order chi connectivity index (χ0) is 13.7. The van der Waals surface area contributed by atoms with E-state index >= 15 is 0 Å². The number of nitrogens with zero attached hydrogens (tertiary/aromatic N) is 2. The first-order valence-corrected chi connectivity index (χ1v) is 7.27. The van der Waals surface area contributed by atoms with Crippen LogP contribution in [0, 0.1) is 6.92 Å². The molecule has 5 nitrogen and oxygen atoms in total. The molecule has 1 fully saturated rings. The molecule has 3 N–H and O–H groups in total. The van der Waals surface area contributed by atoms with E-state index in [0.717, 1.165) is 49.8 Å². The Kier molecular flexibility index (Phi) is 4.96. The zero-order valence-electron chi connectivity index (χ0n) is 12.2. The molecule has 2 heterocycles. The average molecular weight is 263 g/mol. The van der Waals surface area contributed by atoms with Crippen LogP contribution in [0.5, 0.6) is 0 Å². The van der Waals surface area contributed by atoms with Gasteiger partial charge < -0.3 is 16.0 Å². The molecule has 0 spiro atoms. The van der Waals surface area contributed by atoms with Crippen LogP contribution in [0.4, 0.5) is 11.6 Å². The average Bonchev–Trinajstić information content (AvgIpc) is 2.39. The Labute approximate surface area is 115 Å². The topological polar surface area (TPSA) is 61.9 Å². The molecule has 2 rings (SSSR count). The molecule has 1 aromatic rings. The minimum atomic E-state index is 0.432. The molecule has 1 aliphatic rings. The molecule has 0 aliphatic carbocycles. The van der Waals surface area contributed by atoms with Crippen molar-refractivity contribution in [2.75, 3.05) is 23.7 Å². The first-order chi connectivity index (χ1) is 9.17. The monoisotopic (exact) mass is 263 g/mol. The lowest BCUT2D eigenvalue weighted by molar-refractivity contribution is 0.478. The third kappa shape index (κ3) is 4.35. The predicted molar refractivity (Wildman–Crippen MR) is 79.7 cm³/mol. The molecular formula is C14H25N5. The van der Waals surface area contributed by atoms with Gasteiger partial charge in [-0.25, -0.2) is 9.97 Å².